The summed E-state index contributed by atoms with van der Waals surface area (Å²) in [6.07, 6.45) is 4.85. The van der Waals surface area contributed by atoms with Gasteiger partial charge < -0.3 is 15.7 Å². The van der Waals surface area contributed by atoms with Crippen LogP contribution in [-0.4, -0.2) is 41.1 Å². The normalized spacial score (nSPS) is 27.1. The SMILES string of the molecule is OCCCc1cnn2c1NCC1CNCCC12. The van der Waals surface area contributed by atoms with Crippen molar-refractivity contribution in [3.05, 3.63) is 11.8 Å². The summed E-state index contributed by atoms with van der Waals surface area (Å²) in [5.74, 6) is 1.84. The van der Waals surface area contributed by atoms with E-state index in [0.717, 1.165) is 32.5 Å². The number of aliphatic hydroxyl groups is 1. The molecule has 1 fully saturated rings. The maximum atomic E-state index is 8.90. The first-order valence-corrected chi connectivity index (χ1v) is 6.52. The Balaban J connectivity index is 1.83. The number of hydrogen-bond donors (Lipinski definition) is 3. The van der Waals surface area contributed by atoms with E-state index < -0.39 is 0 Å². The Morgan fingerprint density at radius 2 is 2.41 bits per heavy atom. The Morgan fingerprint density at radius 3 is 3.29 bits per heavy atom. The summed E-state index contributed by atoms with van der Waals surface area (Å²) >= 11 is 0. The first-order chi connectivity index (χ1) is 8.40. The van der Waals surface area contributed by atoms with Crippen LogP contribution >= 0.6 is 0 Å². The van der Waals surface area contributed by atoms with Crippen molar-refractivity contribution in [3.8, 4) is 0 Å². The predicted octanol–water partition coefficient (Wildman–Crippen LogP) is 0.384. The van der Waals surface area contributed by atoms with Crippen LogP contribution in [-0.2, 0) is 6.42 Å². The third-order valence-electron chi connectivity index (χ3n) is 3.89. The highest BCUT2D eigenvalue weighted by atomic mass is 16.2. The lowest BCUT2D eigenvalue weighted by atomic mass is 9.91. The number of nitrogens with one attached hydrogen (secondary N) is 2. The molecule has 3 N–H and O–H groups in total. The molecule has 0 aromatic carbocycles. The molecule has 2 aliphatic rings. The smallest absolute Gasteiger partial charge is 0.127 e. The molecule has 1 aromatic heterocycles. The minimum atomic E-state index is 0.251. The van der Waals surface area contributed by atoms with E-state index in [0.29, 0.717) is 12.0 Å². The van der Waals surface area contributed by atoms with Crippen LogP contribution in [0.3, 0.4) is 0 Å². The summed E-state index contributed by atoms with van der Waals surface area (Å²) in [7, 11) is 0. The first-order valence-electron chi connectivity index (χ1n) is 6.52. The Bertz CT molecular complexity index is 390. The number of aryl methyl sites for hydroxylation is 1. The van der Waals surface area contributed by atoms with E-state index in [2.05, 4.69) is 20.4 Å². The Hall–Kier alpha value is -1.07. The lowest BCUT2D eigenvalue weighted by Gasteiger charge is -2.37. The molecule has 0 saturated carbocycles. The van der Waals surface area contributed by atoms with Crippen molar-refractivity contribution in [2.45, 2.75) is 25.3 Å². The molecule has 17 heavy (non-hydrogen) atoms. The summed E-state index contributed by atoms with van der Waals surface area (Å²) in [4.78, 5) is 0. The molecule has 0 radical (unpaired) electrons. The van der Waals surface area contributed by atoms with E-state index in [-0.39, 0.29) is 6.61 Å². The quantitative estimate of drug-likeness (QED) is 0.710. The van der Waals surface area contributed by atoms with E-state index in [1.54, 1.807) is 0 Å². The predicted molar refractivity (Wildman–Crippen MR) is 66.1 cm³/mol. The number of nitrogens with zero attached hydrogens (tertiary/aromatic N) is 2. The number of hydrogen-bond acceptors (Lipinski definition) is 4. The van der Waals surface area contributed by atoms with Gasteiger partial charge in [0.05, 0.1) is 12.2 Å². The third kappa shape index (κ3) is 1.93. The van der Waals surface area contributed by atoms with Gasteiger partial charge in [-0.1, -0.05) is 0 Å². The van der Waals surface area contributed by atoms with Crippen LogP contribution in [0.5, 0.6) is 0 Å². The fourth-order valence-corrected chi connectivity index (χ4v) is 2.96. The maximum absolute atomic E-state index is 8.90. The van der Waals surface area contributed by atoms with E-state index in [1.807, 2.05) is 6.20 Å². The van der Waals surface area contributed by atoms with Gasteiger partial charge in [0.1, 0.15) is 5.82 Å². The Kier molecular flexibility index (Phi) is 3.03. The highest BCUT2D eigenvalue weighted by Gasteiger charge is 2.32. The molecule has 2 atom stereocenters. The van der Waals surface area contributed by atoms with Crippen molar-refractivity contribution in [2.75, 3.05) is 31.6 Å². The molecule has 0 spiro atoms. The van der Waals surface area contributed by atoms with E-state index in [9.17, 15) is 0 Å². The van der Waals surface area contributed by atoms with Gasteiger partial charge >= 0.3 is 0 Å². The monoisotopic (exact) mass is 236 g/mol. The highest BCUT2D eigenvalue weighted by Crippen LogP contribution is 2.33. The van der Waals surface area contributed by atoms with E-state index in [1.165, 1.54) is 17.8 Å². The molecule has 5 heteroatoms. The third-order valence-corrected chi connectivity index (χ3v) is 3.89. The molecule has 94 valence electrons. The second-order valence-corrected chi connectivity index (χ2v) is 4.99. The lowest BCUT2D eigenvalue weighted by molar-refractivity contribution is 0.237. The van der Waals surface area contributed by atoms with Crippen molar-refractivity contribution in [2.24, 2.45) is 5.92 Å². The second-order valence-electron chi connectivity index (χ2n) is 4.99. The van der Waals surface area contributed by atoms with Crippen molar-refractivity contribution >= 4 is 5.82 Å². The summed E-state index contributed by atoms with van der Waals surface area (Å²) < 4.78 is 2.17. The van der Waals surface area contributed by atoms with E-state index in [4.69, 9.17) is 5.11 Å². The largest absolute Gasteiger partial charge is 0.396 e. The molecule has 0 bridgehead atoms. The fourth-order valence-electron chi connectivity index (χ4n) is 2.96. The summed E-state index contributed by atoms with van der Waals surface area (Å²) in [6.45, 7) is 3.46. The zero-order valence-electron chi connectivity index (χ0n) is 10.0. The van der Waals surface area contributed by atoms with Crippen LogP contribution in [0.4, 0.5) is 5.82 Å². The van der Waals surface area contributed by atoms with Gasteiger partial charge in [-0.2, -0.15) is 5.10 Å². The molecular formula is C12H20N4O. The molecule has 2 unspecified atom stereocenters. The van der Waals surface area contributed by atoms with Crippen LogP contribution in [0.15, 0.2) is 6.20 Å². The fraction of sp³-hybridized carbons (Fsp3) is 0.750. The second kappa shape index (κ2) is 4.66. The van der Waals surface area contributed by atoms with Gasteiger partial charge in [-0.25, -0.2) is 4.68 Å². The average molecular weight is 236 g/mol. The molecule has 0 aliphatic carbocycles. The molecule has 0 amide bonds. The topological polar surface area (TPSA) is 62.1 Å². The Morgan fingerprint density at radius 1 is 1.47 bits per heavy atom. The van der Waals surface area contributed by atoms with Gasteiger partial charge in [-0.15, -0.1) is 0 Å². The number of anilines is 1. The Labute approximate surface area is 101 Å². The van der Waals surface area contributed by atoms with Crippen LogP contribution in [0, 0.1) is 5.92 Å². The van der Waals surface area contributed by atoms with Crippen molar-refractivity contribution in [1.29, 1.82) is 0 Å². The standard InChI is InChI=1S/C12H20N4O/c17-5-1-2-9-8-15-16-11-3-4-13-6-10(11)7-14-12(9)16/h8,10-11,13-14,17H,1-7H2. The molecular weight excluding hydrogens is 216 g/mol. The maximum Gasteiger partial charge on any atom is 0.127 e. The molecule has 3 heterocycles. The number of aliphatic hydroxyl groups excluding tert-OH is 1. The van der Waals surface area contributed by atoms with Gasteiger partial charge in [0, 0.05) is 31.2 Å². The van der Waals surface area contributed by atoms with Crippen LogP contribution < -0.4 is 10.6 Å². The molecule has 1 saturated heterocycles. The number of rotatable bonds is 3. The highest BCUT2D eigenvalue weighted by molar-refractivity contribution is 5.46. The molecule has 1 aromatic rings. The number of piperidine rings is 1. The van der Waals surface area contributed by atoms with Gasteiger partial charge in [0.15, 0.2) is 0 Å². The van der Waals surface area contributed by atoms with Gasteiger partial charge in [-0.05, 0) is 25.8 Å². The zero-order chi connectivity index (χ0) is 11.7. The summed E-state index contributed by atoms with van der Waals surface area (Å²) in [5.41, 5.74) is 1.25. The van der Waals surface area contributed by atoms with E-state index >= 15 is 0 Å². The molecule has 5 nitrogen and oxygen atoms in total. The lowest BCUT2D eigenvalue weighted by Crippen LogP contribution is -2.44. The van der Waals surface area contributed by atoms with Gasteiger partial charge in [0.2, 0.25) is 0 Å². The molecule has 3 rings (SSSR count). The summed E-state index contributed by atoms with van der Waals surface area (Å²) in [6, 6.07) is 0.551. The minimum absolute atomic E-state index is 0.251. The molecule has 2 aliphatic heterocycles. The van der Waals surface area contributed by atoms with Crippen molar-refractivity contribution < 1.29 is 5.11 Å². The van der Waals surface area contributed by atoms with Crippen LogP contribution in [0.25, 0.3) is 0 Å². The van der Waals surface area contributed by atoms with Crippen molar-refractivity contribution in [1.82, 2.24) is 15.1 Å². The number of fused-ring (bicyclic) bond motifs is 3. The van der Waals surface area contributed by atoms with Crippen molar-refractivity contribution in [3.63, 3.8) is 0 Å². The van der Waals surface area contributed by atoms with Crippen LogP contribution in [0.2, 0.25) is 0 Å². The van der Waals surface area contributed by atoms with Crippen LogP contribution in [0.1, 0.15) is 24.4 Å². The average Bonchev–Trinajstić information content (AvgIpc) is 2.80. The summed E-state index contributed by atoms with van der Waals surface area (Å²) in [5, 5.41) is 20.4. The number of aromatic nitrogens is 2. The zero-order valence-corrected chi connectivity index (χ0v) is 10.0. The minimum Gasteiger partial charge on any atom is -0.396 e. The van der Waals surface area contributed by atoms with Gasteiger partial charge in [-0.3, -0.25) is 0 Å². The first kappa shape index (κ1) is 11.0. The van der Waals surface area contributed by atoms with Gasteiger partial charge in [0.25, 0.3) is 0 Å².